The van der Waals surface area contributed by atoms with Crippen LogP contribution >= 0.6 is 11.6 Å². The summed E-state index contributed by atoms with van der Waals surface area (Å²) in [4.78, 5) is 7.31. The summed E-state index contributed by atoms with van der Waals surface area (Å²) in [6.07, 6.45) is 2.76. The number of aromatic amines is 1. The highest BCUT2D eigenvalue weighted by Crippen LogP contribution is 2.15. The molecule has 2 nitrogen and oxygen atoms in total. The number of aromatic nitrogens is 2. The van der Waals surface area contributed by atoms with Crippen molar-refractivity contribution in [2.75, 3.05) is 5.88 Å². The van der Waals surface area contributed by atoms with E-state index in [4.69, 9.17) is 11.6 Å². The third-order valence-corrected chi connectivity index (χ3v) is 2.58. The fraction of sp³-hybridized carbons (Fsp3) is 0.364. The second-order valence-corrected chi connectivity index (χ2v) is 3.84. The van der Waals surface area contributed by atoms with E-state index < -0.39 is 0 Å². The van der Waals surface area contributed by atoms with E-state index >= 15 is 0 Å². The van der Waals surface area contributed by atoms with Crippen molar-refractivity contribution in [1.82, 2.24) is 9.97 Å². The van der Waals surface area contributed by atoms with Gasteiger partial charge in [-0.05, 0) is 25.0 Å². The number of alkyl halides is 1. The van der Waals surface area contributed by atoms with Crippen LogP contribution in [0, 0.1) is 5.82 Å². The van der Waals surface area contributed by atoms with E-state index in [0.717, 1.165) is 30.6 Å². The van der Waals surface area contributed by atoms with Gasteiger partial charge in [0.05, 0.1) is 5.52 Å². The molecule has 0 aliphatic carbocycles. The number of hydrogen-bond acceptors (Lipinski definition) is 1. The Kier molecular flexibility index (Phi) is 3.21. The Morgan fingerprint density at radius 3 is 2.93 bits per heavy atom. The zero-order valence-electron chi connectivity index (χ0n) is 8.26. The lowest BCUT2D eigenvalue weighted by atomic mass is 10.2. The fourth-order valence-electron chi connectivity index (χ4n) is 1.55. The monoisotopic (exact) mass is 226 g/mol. The second-order valence-electron chi connectivity index (χ2n) is 3.47. The smallest absolute Gasteiger partial charge is 0.151 e. The van der Waals surface area contributed by atoms with Crippen molar-refractivity contribution in [3.05, 3.63) is 29.8 Å². The van der Waals surface area contributed by atoms with Crippen molar-refractivity contribution in [3.63, 3.8) is 0 Å². The highest BCUT2D eigenvalue weighted by atomic mass is 35.5. The van der Waals surface area contributed by atoms with E-state index in [1.807, 2.05) is 6.07 Å². The van der Waals surface area contributed by atoms with E-state index in [-0.39, 0.29) is 5.82 Å². The minimum absolute atomic E-state index is 0.271. The lowest BCUT2D eigenvalue weighted by Gasteiger charge is -1.92. The van der Waals surface area contributed by atoms with Gasteiger partial charge in [0.15, 0.2) is 5.82 Å². The molecule has 0 atom stereocenters. The Balaban J connectivity index is 2.20. The molecule has 0 fully saturated rings. The first-order chi connectivity index (χ1) is 7.31. The van der Waals surface area contributed by atoms with Crippen molar-refractivity contribution in [2.45, 2.75) is 19.3 Å². The quantitative estimate of drug-likeness (QED) is 0.629. The molecule has 0 amide bonds. The van der Waals surface area contributed by atoms with Gasteiger partial charge in [0, 0.05) is 12.3 Å². The van der Waals surface area contributed by atoms with Gasteiger partial charge in [-0.3, -0.25) is 0 Å². The number of nitrogens with one attached hydrogen (secondary N) is 1. The van der Waals surface area contributed by atoms with Gasteiger partial charge >= 0.3 is 0 Å². The Morgan fingerprint density at radius 2 is 2.20 bits per heavy atom. The van der Waals surface area contributed by atoms with Crippen LogP contribution in [-0.2, 0) is 6.42 Å². The summed E-state index contributed by atoms with van der Waals surface area (Å²) in [5.74, 6) is 1.22. The molecule has 0 saturated carbocycles. The van der Waals surface area contributed by atoms with Crippen LogP contribution in [0.5, 0.6) is 0 Å². The summed E-state index contributed by atoms with van der Waals surface area (Å²) < 4.78 is 13.3. The number of nitrogens with zero attached hydrogens (tertiary/aromatic N) is 1. The second kappa shape index (κ2) is 4.62. The molecule has 0 radical (unpaired) electrons. The van der Waals surface area contributed by atoms with Crippen LogP contribution in [0.2, 0.25) is 0 Å². The molecule has 0 unspecified atom stereocenters. The van der Waals surface area contributed by atoms with E-state index in [0.29, 0.717) is 11.4 Å². The topological polar surface area (TPSA) is 28.7 Å². The van der Waals surface area contributed by atoms with E-state index in [1.54, 1.807) is 6.07 Å². The van der Waals surface area contributed by atoms with Gasteiger partial charge in [-0.2, -0.15) is 0 Å². The Hall–Kier alpha value is -1.09. The zero-order valence-corrected chi connectivity index (χ0v) is 9.02. The summed E-state index contributed by atoms with van der Waals surface area (Å²) >= 11 is 5.58. The molecule has 0 aliphatic heterocycles. The summed E-state index contributed by atoms with van der Waals surface area (Å²) in [7, 11) is 0. The van der Waals surface area contributed by atoms with Crippen molar-refractivity contribution in [1.29, 1.82) is 0 Å². The van der Waals surface area contributed by atoms with Gasteiger partial charge in [-0.15, -0.1) is 11.6 Å². The molecule has 1 aromatic carbocycles. The standard InChI is InChI=1S/C11H12ClFN2/c12-7-2-1-6-10-14-9-5-3-4-8(13)11(9)15-10/h3-5H,1-2,6-7H2,(H,14,15). The normalized spacial score (nSPS) is 11.1. The highest BCUT2D eigenvalue weighted by molar-refractivity contribution is 6.17. The van der Waals surface area contributed by atoms with Crippen LogP contribution in [0.4, 0.5) is 4.39 Å². The molecule has 2 rings (SSSR count). The number of benzene rings is 1. The number of hydrogen-bond donors (Lipinski definition) is 1. The summed E-state index contributed by atoms with van der Waals surface area (Å²) in [6, 6.07) is 4.93. The molecule has 1 heterocycles. The third-order valence-electron chi connectivity index (χ3n) is 2.31. The van der Waals surface area contributed by atoms with Crippen LogP contribution in [-0.4, -0.2) is 15.8 Å². The molecule has 0 saturated heterocycles. The predicted molar refractivity (Wildman–Crippen MR) is 59.7 cm³/mol. The number of imidazole rings is 1. The van der Waals surface area contributed by atoms with Crippen molar-refractivity contribution >= 4 is 22.6 Å². The number of H-pyrrole nitrogens is 1. The van der Waals surface area contributed by atoms with Gasteiger partial charge in [0.2, 0.25) is 0 Å². The average Bonchev–Trinajstić information content (AvgIpc) is 2.63. The molecule has 0 aliphatic rings. The van der Waals surface area contributed by atoms with E-state index in [9.17, 15) is 4.39 Å². The van der Waals surface area contributed by atoms with Crippen LogP contribution in [0.15, 0.2) is 18.2 Å². The molecular weight excluding hydrogens is 215 g/mol. The van der Waals surface area contributed by atoms with Crippen LogP contribution < -0.4 is 0 Å². The number of fused-ring (bicyclic) bond motifs is 1. The fourth-order valence-corrected chi connectivity index (χ4v) is 1.74. The van der Waals surface area contributed by atoms with Gasteiger partial charge in [-0.25, -0.2) is 9.37 Å². The van der Waals surface area contributed by atoms with Crippen LogP contribution in [0.3, 0.4) is 0 Å². The molecule has 1 aromatic heterocycles. The average molecular weight is 227 g/mol. The maximum Gasteiger partial charge on any atom is 0.151 e. The van der Waals surface area contributed by atoms with E-state index in [2.05, 4.69) is 9.97 Å². The Labute approximate surface area is 92.5 Å². The predicted octanol–water partition coefficient (Wildman–Crippen LogP) is 3.26. The maximum absolute atomic E-state index is 13.3. The van der Waals surface area contributed by atoms with Gasteiger partial charge in [-0.1, -0.05) is 6.07 Å². The summed E-state index contributed by atoms with van der Waals surface area (Å²) in [5.41, 5.74) is 1.19. The summed E-state index contributed by atoms with van der Waals surface area (Å²) in [6.45, 7) is 0. The molecule has 4 heteroatoms. The molecule has 1 N–H and O–H groups in total. The van der Waals surface area contributed by atoms with Crippen molar-refractivity contribution in [3.8, 4) is 0 Å². The summed E-state index contributed by atoms with van der Waals surface area (Å²) in [5, 5.41) is 0. The van der Waals surface area contributed by atoms with Gasteiger partial charge in [0.1, 0.15) is 11.3 Å². The zero-order chi connectivity index (χ0) is 10.7. The molecular formula is C11H12ClFN2. The highest BCUT2D eigenvalue weighted by Gasteiger charge is 2.05. The maximum atomic E-state index is 13.3. The van der Waals surface area contributed by atoms with Gasteiger partial charge in [0.25, 0.3) is 0 Å². The minimum Gasteiger partial charge on any atom is -0.342 e. The van der Waals surface area contributed by atoms with Crippen molar-refractivity contribution in [2.24, 2.45) is 0 Å². The number of unbranched alkanes of at least 4 members (excludes halogenated alkanes) is 1. The number of aryl methyl sites for hydroxylation is 1. The number of halogens is 2. The SMILES string of the molecule is Fc1cccc2[nH]c(CCCCCl)nc12. The van der Waals surface area contributed by atoms with Gasteiger partial charge < -0.3 is 4.98 Å². The molecule has 15 heavy (non-hydrogen) atoms. The van der Waals surface area contributed by atoms with Crippen LogP contribution in [0.1, 0.15) is 18.7 Å². The Bertz CT molecular complexity index is 453. The molecule has 0 bridgehead atoms. The number of para-hydroxylation sites is 1. The third kappa shape index (κ3) is 2.29. The molecule has 0 spiro atoms. The molecule has 80 valence electrons. The largest absolute Gasteiger partial charge is 0.342 e. The van der Waals surface area contributed by atoms with E-state index in [1.165, 1.54) is 6.07 Å². The first-order valence-electron chi connectivity index (χ1n) is 5.00. The minimum atomic E-state index is -0.271. The Morgan fingerprint density at radius 1 is 1.33 bits per heavy atom. The first-order valence-corrected chi connectivity index (χ1v) is 5.54. The lowest BCUT2D eigenvalue weighted by molar-refractivity contribution is 0.636. The van der Waals surface area contributed by atoms with Crippen LogP contribution in [0.25, 0.3) is 11.0 Å². The lowest BCUT2D eigenvalue weighted by Crippen LogP contribution is -1.88. The number of rotatable bonds is 4. The molecule has 2 aromatic rings. The first kappa shape index (κ1) is 10.4. The van der Waals surface area contributed by atoms with Crippen molar-refractivity contribution < 1.29 is 4.39 Å².